The molecule has 0 atom stereocenters. The fraction of sp³-hybridized carbons (Fsp3) is 0.189. The standard InChI is InChI=1S/C37H29F4N3O4/c38-26-18-31(40)28(32(41)19-26)16-23-17-29(36(47)44(21-23)22-25-7-2-4-10-30(25)39)34(45)20-35(46)37(48)43-14-12-42(13-15-43)33-11-5-8-24-6-1-3-9-27(24)33/h1-11,17-19,21H,12-16,20,22H2. The Morgan fingerprint density at radius 1 is 0.729 bits per heavy atom. The van der Waals surface area contributed by atoms with Gasteiger partial charge in [0.15, 0.2) is 5.78 Å². The van der Waals surface area contributed by atoms with Crippen molar-refractivity contribution in [1.82, 2.24) is 9.47 Å². The number of halogens is 4. The van der Waals surface area contributed by atoms with Gasteiger partial charge in [0.05, 0.1) is 18.5 Å². The van der Waals surface area contributed by atoms with Crippen molar-refractivity contribution in [2.24, 2.45) is 0 Å². The summed E-state index contributed by atoms with van der Waals surface area (Å²) in [5.41, 5.74) is -0.719. The van der Waals surface area contributed by atoms with Crippen LogP contribution in [0.5, 0.6) is 0 Å². The van der Waals surface area contributed by atoms with Crippen LogP contribution in [0.15, 0.2) is 95.9 Å². The van der Waals surface area contributed by atoms with Crippen LogP contribution in [0.2, 0.25) is 0 Å². The predicted molar refractivity (Wildman–Crippen MR) is 172 cm³/mol. The fourth-order valence-corrected chi connectivity index (χ4v) is 5.99. The van der Waals surface area contributed by atoms with E-state index in [1.165, 1.54) is 29.3 Å². The Labute approximate surface area is 272 Å². The minimum absolute atomic E-state index is 0.0713. The molecule has 11 heteroatoms. The molecule has 1 aliphatic rings. The molecule has 6 rings (SSSR count). The SMILES string of the molecule is O=C(CC(=O)c1cc(Cc2c(F)cc(F)cc2F)cn(Cc2ccccc2F)c1=O)C(=O)N1CCN(c2cccc3ccccc23)CC1. The average Bonchev–Trinajstić information content (AvgIpc) is 3.08. The Kier molecular flexibility index (Phi) is 9.20. The topological polar surface area (TPSA) is 79.7 Å². The molecule has 0 unspecified atom stereocenters. The molecule has 7 nitrogen and oxygen atoms in total. The van der Waals surface area contributed by atoms with Crippen molar-refractivity contribution >= 4 is 33.9 Å². The van der Waals surface area contributed by atoms with E-state index in [-0.39, 0.29) is 30.8 Å². The molecule has 1 fully saturated rings. The van der Waals surface area contributed by atoms with Gasteiger partial charge in [-0.15, -0.1) is 0 Å². The first kappa shape index (κ1) is 32.4. The summed E-state index contributed by atoms with van der Waals surface area (Å²) in [6.07, 6.45) is -0.181. The molecule has 2 heterocycles. The number of fused-ring (bicyclic) bond motifs is 1. The van der Waals surface area contributed by atoms with Crippen LogP contribution in [-0.4, -0.2) is 53.1 Å². The highest BCUT2D eigenvalue weighted by molar-refractivity contribution is 6.40. The lowest BCUT2D eigenvalue weighted by molar-refractivity contribution is -0.144. The molecule has 0 radical (unpaired) electrons. The number of carbonyl (C=O) groups excluding carboxylic acids is 3. The van der Waals surface area contributed by atoms with Crippen molar-refractivity contribution in [2.45, 2.75) is 19.4 Å². The van der Waals surface area contributed by atoms with Crippen molar-refractivity contribution in [3.05, 3.63) is 147 Å². The smallest absolute Gasteiger partial charge is 0.290 e. The predicted octanol–water partition coefficient (Wildman–Crippen LogP) is 5.69. The number of amides is 1. The number of pyridine rings is 1. The largest absolute Gasteiger partial charge is 0.367 e. The summed E-state index contributed by atoms with van der Waals surface area (Å²) in [6, 6.07) is 21.6. The molecule has 0 N–H and O–H groups in total. The number of rotatable bonds is 9. The summed E-state index contributed by atoms with van der Waals surface area (Å²) >= 11 is 0. The highest BCUT2D eigenvalue weighted by Crippen LogP contribution is 2.27. The molecule has 48 heavy (non-hydrogen) atoms. The summed E-state index contributed by atoms with van der Waals surface area (Å²) in [5, 5.41) is 2.14. The van der Waals surface area contributed by atoms with Gasteiger partial charge in [0.25, 0.3) is 11.5 Å². The molecule has 1 aromatic heterocycles. The number of benzene rings is 4. The van der Waals surface area contributed by atoms with E-state index in [1.807, 2.05) is 42.5 Å². The lowest BCUT2D eigenvalue weighted by atomic mass is 10.00. The van der Waals surface area contributed by atoms with Crippen LogP contribution >= 0.6 is 0 Å². The second kappa shape index (κ2) is 13.6. The lowest BCUT2D eigenvalue weighted by Crippen LogP contribution is -2.51. The van der Waals surface area contributed by atoms with Crippen molar-refractivity contribution in [1.29, 1.82) is 0 Å². The van der Waals surface area contributed by atoms with Crippen LogP contribution in [0.4, 0.5) is 23.2 Å². The van der Waals surface area contributed by atoms with E-state index >= 15 is 0 Å². The Bertz CT molecular complexity index is 2090. The first-order valence-electron chi connectivity index (χ1n) is 15.3. The zero-order chi connectivity index (χ0) is 33.9. The van der Waals surface area contributed by atoms with E-state index in [0.29, 0.717) is 25.2 Å². The van der Waals surface area contributed by atoms with E-state index in [9.17, 15) is 36.7 Å². The van der Waals surface area contributed by atoms with Crippen LogP contribution in [-0.2, 0) is 22.6 Å². The normalized spacial score (nSPS) is 13.2. The Morgan fingerprint density at radius 2 is 1.40 bits per heavy atom. The van der Waals surface area contributed by atoms with E-state index in [0.717, 1.165) is 27.1 Å². The molecular weight excluding hydrogens is 626 g/mol. The number of nitrogens with zero attached hydrogens (tertiary/aromatic N) is 3. The van der Waals surface area contributed by atoms with E-state index < -0.39 is 70.3 Å². The second-order valence-corrected chi connectivity index (χ2v) is 11.6. The number of anilines is 1. The van der Waals surface area contributed by atoms with Gasteiger partial charge >= 0.3 is 0 Å². The third-order valence-electron chi connectivity index (χ3n) is 8.46. The molecule has 5 aromatic rings. The van der Waals surface area contributed by atoms with Gasteiger partial charge in [0, 0.05) is 73.1 Å². The van der Waals surface area contributed by atoms with E-state index in [1.54, 1.807) is 6.07 Å². The third kappa shape index (κ3) is 6.76. The number of piperazine rings is 1. The average molecular weight is 656 g/mol. The van der Waals surface area contributed by atoms with Crippen molar-refractivity contribution in [3.63, 3.8) is 0 Å². The maximum absolute atomic E-state index is 14.5. The molecule has 1 saturated heterocycles. The molecule has 1 aliphatic heterocycles. The Balaban J connectivity index is 1.21. The number of hydrogen-bond donors (Lipinski definition) is 0. The summed E-state index contributed by atoms with van der Waals surface area (Å²) < 4.78 is 58.0. The van der Waals surface area contributed by atoms with Gasteiger partial charge in [0.1, 0.15) is 23.3 Å². The van der Waals surface area contributed by atoms with E-state index in [2.05, 4.69) is 4.90 Å². The molecule has 0 bridgehead atoms. The highest BCUT2D eigenvalue weighted by Gasteiger charge is 2.29. The van der Waals surface area contributed by atoms with Crippen LogP contribution in [0, 0.1) is 23.3 Å². The first-order chi connectivity index (χ1) is 23.1. The molecular formula is C37H29F4N3O4. The number of aromatic nitrogens is 1. The Morgan fingerprint density at radius 3 is 2.12 bits per heavy atom. The molecule has 0 aliphatic carbocycles. The van der Waals surface area contributed by atoms with Crippen molar-refractivity contribution < 1.29 is 31.9 Å². The van der Waals surface area contributed by atoms with Gasteiger partial charge in [-0.1, -0.05) is 54.6 Å². The second-order valence-electron chi connectivity index (χ2n) is 11.6. The summed E-state index contributed by atoms with van der Waals surface area (Å²) in [5.74, 6) is -6.94. The van der Waals surface area contributed by atoms with Crippen LogP contribution in [0.3, 0.4) is 0 Å². The van der Waals surface area contributed by atoms with E-state index in [4.69, 9.17) is 0 Å². The lowest BCUT2D eigenvalue weighted by Gasteiger charge is -2.36. The number of ketones is 2. The van der Waals surface area contributed by atoms with Gasteiger partial charge in [-0.25, -0.2) is 17.6 Å². The van der Waals surface area contributed by atoms with Gasteiger partial charge in [-0.2, -0.15) is 0 Å². The van der Waals surface area contributed by atoms with Crippen LogP contribution in [0.25, 0.3) is 10.8 Å². The summed E-state index contributed by atoms with van der Waals surface area (Å²) in [6.45, 7) is 1.06. The van der Waals surface area contributed by atoms with Crippen LogP contribution in [0.1, 0.15) is 33.5 Å². The number of hydrogen-bond acceptors (Lipinski definition) is 5. The van der Waals surface area contributed by atoms with Gasteiger partial charge in [0.2, 0.25) is 5.78 Å². The summed E-state index contributed by atoms with van der Waals surface area (Å²) in [7, 11) is 0. The fourth-order valence-electron chi connectivity index (χ4n) is 5.99. The highest BCUT2D eigenvalue weighted by atomic mass is 19.1. The molecule has 1 amide bonds. The molecule has 4 aromatic carbocycles. The maximum Gasteiger partial charge on any atom is 0.290 e. The molecule has 0 spiro atoms. The van der Waals surface area contributed by atoms with Crippen molar-refractivity contribution in [2.75, 3.05) is 31.1 Å². The van der Waals surface area contributed by atoms with Gasteiger partial charge in [-0.05, 0) is 29.1 Å². The Hall–Kier alpha value is -5.58. The minimum Gasteiger partial charge on any atom is -0.367 e. The summed E-state index contributed by atoms with van der Waals surface area (Å²) in [4.78, 5) is 56.5. The zero-order valence-electron chi connectivity index (χ0n) is 25.6. The monoisotopic (exact) mass is 655 g/mol. The number of carbonyl (C=O) groups is 3. The third-order valence-corrected chi connectivity index (χ3v) is 8.46. The van der Waals surface area contributed by atoms with Gasteiger partial charge < -0.3 is 14.4 Å². The maximum atomic E-state index is 14.5. The van der Waals surface area contributed by atoms with Crippen LogP contribution < -0.4 is 10.5 Å². The van der Waals surface area contributed by atoms with Gasteiger partial charge in [-0.3, -0.25) is 19.2 Å². The molecule has 0 saturated carbocycles. The quantitative estimate of drug-likeness (QED) is 0.0883. The first-order valence-corrected chi connectivity index (χ1v) is 15.3. The number of Topliss-reactive ketones (excluding diaryl/α,β-unsaturated/α-hetero) is 2. The molecule has 244 valence electrons. The van der Waals surface area contributed by atoms with Crippen molar-refractivity contribution in [3.8, 4) is 0 Å². The minimum atomic E-state index is -1.17. The zero-order valence-corrected chi connectivity index (χ0v) is 25.6.